The van der Waals surface area contributed by atoms with Crippen molar-refractivity contribution < 1.29 is 19.0 Å². The van der Waals surface area contributed by atoms with Gasteiger partial charge >= 0.3 is 0 Å². The predicted octanol–water partition coefficient (Wildman–Crippen LogP) is 4.01. The number of ether oxygens (including phenoxy) is 3. The predicted molar refractivity (Wildman–Crippen MR) is 116 cm³/mol. The van der Waals surface area contributed by atoms with E-state index in [1.165, 1.54) is 21.3 Å². The van der Waals surface area contributed by atoms with Crippen LogP contribution in [-0.2, 0) is 6.54 Å². The number of nitriles is 1. The summed E-state index contributed by atoms with van der Waals surface area (Å²) in [6.07, 6.45) is 1.57. The topological polar surface area (TPSA) is 99.5 Å². The number of nitrogen functional groups attached to an aromatic ring is 1. The van der Waals surface area contributed by atoms with Gasteiger partial charge in [-0.2, -0.15) is 5.26 Å². The lowest BCUT2D eigenvalue weighted by Crippen LogP contribution is -2.13. The molecule has 0 unspecified atom stereocenters. The summed E-state index contributed by atoms with van der Waals surface area (Å²) >= 11 is 3.36. The summed E-state index contributed by atoms with van der Waals surface area (Å²) in [5.74, 6) is 1.19. The van der Waals surface area contributed by atoms with Gasteiger partial charge in [-0.25, -0.2) is 0 Å². The first kappa shape index (κ1) is 21.3. The zero-order valence-electron chi connectivity index (χ0n) is 16.7. The second-order valence-electron chi connectivity index (χ2n) is 6.41. The van der Waals surface area contributed by atoms with E-state index in [2.05, 4.69) is 15.9 Å². The van der Waals surface area contributed by atoms with Gasteiger partial charge < -0.3 is 24.5 Å². The van der Waals surface area contributed by atoms with Gasteiger partial charge in [-0.1, -0.05) is 15.9 Å². The quantitative estimate of drug-likeness (QED) is 0.524. The molecule has 0 aliphatic rings. The van der Waals surface area contributed by atoms with Crippen molar-refractivity contribution in [3.63, 3.8) is 0 Å². The zero-order valence-corrected chi connectivity index (χ0v) is 18.3. The van der Waals surface area contributed by atoms with Gasteiger partial charge in [0.2, 0.25) is 11.5 Å². The lowest BCUT2D eigenvalue weighted by atomic mass is 10.1. The number of anilines is 1. The van der Waals surface area contributed by atoms with Crippen LogP contribution in [0.1, 0.15) is 27.2 Å². The number of hydrogen-bond donors (Lipinski definition) is 1. The number of rotatable bonds is 7. The summed E-state index contributed by atoms with van der Waals surface area (Å²) in [6.45, 7) is 0.278. The molecule has 0 radical (unpaired) electrons. The van der Waals surface area contributed by atoms with E-state index in [-0.39, 0.29) is 29.3 Å². The first-order valence-electron chi connectivity index (χ1n) is 8.91. The van der Waals surface area contributed by atoms with Gasteiger partial charge in [0, 0.05) is 22.8 Å². The fourth-order valence-electron chi connectivity index (χ4n) is 3.20. The van der Waals surface area contributed by atoms with Crippen LogP contribution in [0, 0.1) is 11.3 Å². The molecular weight excluding hydrogens is 450 g/mol. The molecule has 0 saturated heterocycles. The van der Waals surface area contributed by atoms with Gasteiger partial charge in [0.25, 0.3) is 0 Å². The molecule has 3 rings (SSSR count). The van der Waals surface area contributed by atoms with Crippen LogP contribution < -0.4 is 19.9 Å². The SMILES string of the molecule is COc1cc(Cn2cc(C#N)c(N)c2C(=O)c2ccc(Br)cc2)cc(OC)c1OC. The number of hydrogen-bond acceptors (Lipinski definition) is 6. The van der Waals surface area contributed by atoms with Gasteiger partial charge in [0.1, 0.15) is 11.8 Å². The third-order valence-electron chi connectivity index (χ3n) is 4.64. The Bertz CT molecular complexity index is 1110. The average Bonchev–Trinajstić information content (AvgIpc) is 3.07. The van der Waals surface area contributed by atoms with E-state index in [9.17, 15) is 10.1 Å². The van der Waals surface area contributed by atoms with Crippen molar-refractivity contribution in [3.05, 3.63) is 69.5 Å². The number of carbonyl (C=O) groups is 1. The number of nitrogens with two attached hydrogens (primary N) is 1. The Morgan fingerprint density at radius 3 is 2.20 bits per heavy atom. The maximum atomic E-state index is 13.2. The maximum Gasteiger partial charge on any atom is 0.211 e. The summed E-state index contributed by atoms with van der Waals surface area (Å²) in [6, 6.07) is 12.6. The molecule has 0 saturated carbocycles. The van der Waals surface area contributed by atoms with E-state index >= 15 is 0 Å². The highest BCUT2D eigenvalue weighted by Gasteiger charge is 2.22. The van der Waals surface area contributed by atoms with Crippen LogP contribution in [0.3, 0.4) is 0 Å². The first-order valence-corrected chi connectivity index (χ1v) is 9.70. The minimum Gasteiger partial charge on any atom is -0.493 e. The number of nitrogens with zero attached hydrogens (tertiary/aromatic N) is 2. The van der Waals surface area contributed by atoms with Crippen LogP contribution in [0.4, 0.5) is 5.69 Å². The van der Waals surface area contributed by atoms with E-state index in [1.54, 1.807) is 47.2 Å². The number of ketones is 1. The summed E-state index contributed by atoms with van der Waals surface area (Å²) in [7, 11) is 4.59. The summed E-state index contributed by atoms with van der Waals surface area (Å²) < 4.78 is 18.7. The van der Waals surface area contributed by atoms with E-state index in [1.807, 2.05) is 6.07 Å². The number of aromatic nitrogens is 1. The third kappa shape index (κ3) is 3.98. The molecular formula is C22H20BrN3O4. The smallest absolute Gasteiger partial charge is 0.211 e. The Hall–Kier alpha value is -3.44. The summed E-state index contributed by atoms with van der Waals surface area (Å²) in [4.78, 5) is 13.2. The average molecular weight is 470 g/mol. The lowest BCUT2D eigenvalue weighted by Gasteiger charge is -2.15. The van der Waals surface area contributed by atoms with Crippen molar-refractivity contribution in [2.45, 2.75) is 6.54 Å². The van der Waals surface area contributed by atoms with Crippen LogP contribution >= 0.6 is 15.9 Å². The molecule has 0 fully saturated rings. The Kier molecular flexibility index (Phi) is 6.33. The molecule has 2 aromatic carbocycles. The van der Waals surface area contributed by atoms with Gasteiger partial charge in [-0.05, 0) is 42.0 Å². The lowest BCUT2D eigenvalue weighted by molar-refractivity contribution is 0.103. The number of methoxy groups -OCH3 is 3. The van der Waals surface area contributed by atoms with Crippen molar-refractivity contribution >= 4 is 27.4 Å². The van der Waals surface area contributed by atoms with Crippen LogP contribution in [0.2, 0.25) is 0 Å². The Labute approximate surface area is 182 Å². The molecule has 154 valence electrons. The fraction of sp³-hybridized carbons (Fsp3) is 0.182. The highest BCUT2D eigenvalue weighted by molar-refractivity contribution is 9.10. The molecule has 0 amide bonds. The monoisotopic (exact) mass is 469 g/mol. The maximum absolute atomic E-state index is 13.2. The molecule has 1 heterocycles. The highest BCUT2D eigenvalue weighted by Crippen LogP contribution is 2.38. The second kappa shape index (κ2) is 8.93. The van der Waals surface area contributed by atoms with Crippen molar-refractivity contribution in [3.8, 4) is 23.3 Å². The first-order chi connectivity index (χ1) is 14.4. The molecule has 30 heavy (non-hydrogen) atoms. The minimum atomic E-state index is -0.269. The summed E-state index contributed by atoms with van der Waals surface area (Å²) in [5.41, 5.74) is 8.05. The third-order valence-corrected chi connectivity index (χ3v) is 5.17. The Balaban J connectivity index is 2.08. The molecule has 0 aliphatic heterocycles. The van der Waals surface area contributed by atoms with Gasteiger partial charge in [0.15, 0.2) is 11.5 Å². The number of halogens is 1. The van der Waals surface area contributed by atoms with Crippen LogP contribution in [0.15, 0.2) is 47.1 Å². The summed E-state index contributed by atoms with van der Waals surface area (Å²) in [5, 5.41) is 9.43. The highest BCUT2D eigenvalue weighted by atomic mass is 79.9. The molecule has 1 aromatic heterocycles. The van der Waals surface area contributed by atoms with E-state index in [0.717, 1.165) is 10.0 Å². The molecule has 2 N–H and O–H groups in total. The van der Waals surface area contributed by atoms with Crippen LogP contribution in [0.25, 0.3) is 0 Å². The normalized spacial score (nSPS) is 10.4. The molecule has 7 nitrogen and oxygen atoms in total. The van der Waals surface area contributed by atoms with Gasteiger partial charge in [0.05, 0.1) is 32.6 Å². The Morgan fingerprint density at radius 1 is 1.10 bits per heavy atom. The van der Waals surface area contributed by atoms with E-state index in [4.69, 9.17) is 19.9 Å². The second-order valence-corrected chi connectivity index (χ2v) is 7.33. The van der Waals surface area contributed by atoms with Gasteiger partial charge in [-0.3, -0.25) is 4.79 Å². The minimum absolute atomic E-state index is 0.151. The zero-order chi connectivity index (χ0) is 21.8. The van der Waals surface area contributed by atoms with Crippen LogP contribution in [0.5, 0.6) is 17.2 Å². The van der Waals surface area contributed by atoms with Crippen molar-refractivity contribution in [1.82, 2.24) is 4.57 Å². The van der Waals surface area contributed by atoms with E-state index < -0.39 is 0 Å². The molecule has 0 atom stereocenters. The van der Waals surface area contributed by atoms with Crippen molar-refractivity contribution in [2.75, 3.05) is 27.1 Å². The number of carbonyl (C=O) groups excluding carboxylic acids is 1. The standard InChI is InChI=1S/C22H20BrN3O4/c1-28-17-8-13(9-18(29-2)22(17)30-3)11-26-12-15(10-24)19(25)20(26)21(27)14-4-6-16(23)7-5-14/h4-9,12H,11,25H2,1-3H3. The molecule has 3 aromatic rings. The van der Waals surface area contributed by atoms with Gasteiger partial charge in [-0.15, -0.1) is 0 Å². The van der Waals surface area contributed by atoms with Crippen molar-refractivity contribution in [1.29, 1.82) is 5.26 Å². The molecule has 0 bridgehead atoms. The number of benzene rings is 2. The van der Waals surface area contributed by atoms with Crippen LogP contribution in [-0.4, -0.2) is 31.7 Å². The largest absolute Gasteiger partial charge is 0.493 e. The fourth-order valence-corrected chi connectivity index (χ4v) is 3.46. The Morgan fingerprint density at radius 2 is 1.70 bits per heavy atom. The molecule has 0 spiro atoms. The molecule has 8 heteroatoms. The molecule has 0 aliphatic carbocycles. The van der Waals surface area contributed by atoms with E-state index in [0.29, 0.717) is 22.8 Å². The van der Waals surface area contributed by atoms with Crippen molar-refractivity contribution in [2.24, 2.45) is 0 Å².